The molecule has 1 atom stereocenters. The minimum atomic E-state index is -5.41. The number of fused-ring (bicyclic) bond motifs is 1. The van der Waals surface area contributed by atoms with Gasteiger partial charge in [-0.15, -0.1) is 0 Å². The van der Waals surface area contributed by atoms with E-state index in [9.17, 15) is 32.3 Å². The number of anilines is 1. The third-order valence-corrected chi connectivity index (χ3v) is 4.98. The summed E-state index contributed by atoms with van der Waals surface area (Å²) >= 11 is 0. The number of carbonyl (C=O) groups is 2. The molecule has 0 saturated carbocycles. The highest BCUT2D eigenvalue weighted by molar-refractivity contribution is 6.09. The van der Waals surface area contributed by atoms with Gasteiger partial charge in [-0.2, -0.15) is 13.2 Å². The van der Waals surface area contributed by atoms with Crippen molar-refractivity contribution >= 4 is 17.6 Å². The molecule has 32 heavy (non-hydrogen) atoms. The van der Waals surface area contributed by atoms with Gasteiger partial charge in [0.15, 0.2) is 0 Å². The Labute approximate surface area is 176 Å². The van der Waals surface area contributed by atoms with Crippen LogP contribution in [0.5, 0.6) is 0 Å². The fraction of sp³-hybridized carbons (Fsp3) is 0.150. The van der Waals surface area contributed by atoms with E-state index in [1.165, 1.54) is 18.3 Å². The number of carbonyl (C=O) groups excluding carboxylic acids is 2. The van der Waals surface area contributed by atoms with Crippen LogP contribution in [0.3, 0.4) is 0 Å². The molecule has 2 aromatic heterocycles. The van der Waals surface area contributed by atoms with Crippen molar-refractivity contribution in [2.75, 3.05) is 5.32 Å². The van der Waals surface area contributed by atoms with Crippen LogP contribution in [0.1, 0.15) is 21.5 Å². The fourth-order valence-corrected chi connectivity index (χ4v) is 3.48. The zero-order valence-electron chi connectivity index (χ0n) is 16.1. The molecular formula is C20H14F3N5O4. The summed E-state index contributed by atoms with van der Waals surface area (Å²) in [6, 6.07) is 10.7. The lowest BCUT2D eigenvalue weighted by atomic mass is 9.91. The first-order valence-electron chi connectivity index (χ1n) is 9.17. The Morgan fingerprint density at radius 1 is 1.09 bits per heavy atom. The number of halogens is 3. The van der Waals surface area contributed by atoms with Crippen molar-refractivity contribution < 1.29 is 22.8 Å². The van der Waals surface area contributed by atoms with E-state index >= 15 is 0 Å². The number of benzene rings is 1. The summed E-state index contributed by atoms with van der Waals surface area (Å²) in [7, 11) is 0. The van der Waals surface area contributed by atoms with Crippen molar-refractivity contribution in [3.8, 4) is 0 Å². The fourth-order valence-electron chi connectivity index (χ4n) is 3.48. The van der Waals surface area contributed by atoms with Gasteiger partial charge in [-0.05, 0) is 17.7 Å². The molecule has 3 N–H and O–H groups in total. The van der Waals surface area contributed by atoms with Crippen LogP contribution >= 0.6 is 0 Å². The highest BCUT2D eigenvalue weighted by Crippen LogP contribution is 2.45. The topological polar surface area (TPSA) is 126 Å². The van der Waals surface area contributed by atoms with Crippen LogP contribution in [0, 0.1) is 0 Å². The Bertz CT molecular complexity index is 1320. The standard InChI is InChI=1S/C20H14F3N5O4/c21-20(22,23)19(27-15(29)12-7-4-8-24-9-12)13-14(25-17(19)31)28(18(32)26-16(13)30)10-11-5-2-1-3-6-11/h1-9H,10H2,(H,25,31)(H,27,29)(H,26,30,32)/t19-/m0/s1. The molecule has 0 bridgehead atoms. The first-order chi connectivity index (χ1) is 15.1. The average molecular weight is 445 g/mol. The van der Waals surface area contributed by atoms with Crippen LogP contribution in [0.4, 0.5) is 19.0 Å². The summed E-state index contributed by atoms with van der Waals surface area (Å²) < 4.78 is 43.8. The van der Waals surface area contributed by atoms with Gasteiger partial charge in [0.25, 0.3) is 22.9 Å². The molecule has 164 valence electrons. The molecule has 12 heteroatoms. The van der Waals surface area contributed by atoms with Gasteiger partial charge in [0, 0.05) is 12.4 Å². The number of aromatic nitrogens is 3. The molecule has 1 aromatic carbocycles. The molecule has 4 rings (SSSR count). The zero-order chi connectivity index (χ0) is 23.1. The van der Waals surface area contributed by atoms with Crippen molar-refractivity contribution in [1.29, 1.82) is 0 Å². The van der Waals surface area contributed by atoms with E-state index in [2.05, 4.69) is 4.98 Å². The maximum absolute atomic E-state index is 14.3. The quantitative estimate of drug-likeness (QED) is 0.555. The Balaban J connectivity index is 1.91. The summed E-state index contributed by atoms with van der Waals surface area (Å²) in [6.45, 7) is -0.233. The number of hydrogen-bond acceptors (Lipinski definition) is 5. The molecule has 0 fully saturated rings. The normalized spacial score (nSPS) is 17.5. The number of rotatable bonds is 4. The lowest BCUT2D eigenvalue weighted by molar-refractivity contribution is -0.196. The maximum atomic E-state index is 14.3. The number of pyridine rings is 1. The molecule has 1 aliphatic rings. The van der Waals surface area contributed by atoms with Gasteiger partial charge in [0.2, 0.25) is 0 Å². The van der Waals surface area contributed by atoms with Crippen molar-refractivity contribution in [2.45, 2.75) is 18.3 Å². The lowest BCUT2D eigenvalue weighted by Gasteiger charge is -2.30. The smallest absolute Gasteiger partial charge is 0.326 e. The van der Waals surface area contributed by atoms with Crippen LogP contribution in [0.2, 0.25) is 0 Å². The monoisotopic (exact) mass is 445 g/mol. The van der Waals surface area contributed by atoms with Gasteiger partial charge in [-0.1, -0.05) is 30.3 Å². The maximum Gasteiger partial charge on any atom is 0.425 e. The van der Waals surface area contributed by atoms with Crippen LogP contribution < -0.4 is 21.9 Å². The highest BCUT2D eigenvalue weighted by Gasteiger charge is 2.68. The number of nitrogens with zero attached hydrogens (tertiary/aromatic N) is 2. The number of hydrogen-bond donors (Lipinski definition) is 3. The number of amides is 2. The van der Waals surface area contributed by atoms with E-state index in [-0.39, 0.29) is 12.1 Å². The molecule has 3 aromatic rings. The van der Waals surface area contributed by atoms with Gasteiger partial charge >= 0.3 is 11.9 Å². The highest BCUT2D eigenvalue weighted by atomic mass is 19.4. The molecule has 0 saturated heterocycles. The summed E-state index contributed by atoms with van der Waals surface area (Å²) in [5, 5.41) is 3.63. The number of H-pyrrole nitrogens is 1. The Hall–Kier alpha value is -4.22. The SMILES string of the molecule is O=C(N[C@]1(C(F)(F)F)C(=O)Nc2c1c(=O)[nH]c(=O)n2Cc1ccccc1)c1cccnc1. The van der Waals surface area contributed by atoms with E-state index < -0.39 is 46.2 Å². The Morgan fingerprint density at radius 3 is 2.44 bits per heavy atom. The van der Waals surface area contributed by atoms with Gasteiger partial charge in [0.05, 0.1) is 12.1 Å². The number of alkyl halides is 3. The van der Waals surface area contributed by atoms with Crippen molar-refractivity contribution in [1.82, 2.24) is 19.9 Å². The zero-order valence-corrected chi connectivity index (χ0v) is 16.1. The minimum absolute atomic E-state index is 0.233. The van der Waals surface area contributed by atoms with E-state index in [0.29, 0.717) is 5.56 Å². The van der Waals surface area contributed by atoms with Crippen molar-refractivity contribution in [3.05, 3.63) is 92.4 Å². The Morgan fingerprint density at radius 2 is 1.81 bits per heavy atom. The van der Waals surface area contributed by atoms with E-state index in [0.717, 1.165) is 10.8 Å². The van der Waals surface area contributed by atoms with E-state index in [4.69, 9.17) is 0 Å². The van der Waals surface area contributed by atoms with Crippen LogP contribution in [-0.4, -0.2) is 32.5 Å². The molecule has 9 nitrogen and oxygen atoms in total. The first kappa shape index (κ1) is 21.0. The summed E-state index contributed by atoms with van der Waals surface area (Å²) in [4.78, 5) is 55.7. The molecule has 1 aliphatic heterocycles. The van der Waals surface area contributed by atoms with Crippen LogP contribution in [0.15, 0.2) is 64.4 Å². The minimum Gasteiger partial charge on any atom is -0.326 e. The Kier molecular flexibility index (Phi) is 4.92. The van der Waals surface area contributed by atoms with Crippen LogP contribution in [-0.2, 0) is 16.9 Å². The second-order valence-corrected chi connectivity index (χ2v) is 6.95. The van der Waals surface area contributed by atoms with Crippen molar-refractivity contribution in [3.63, 3.8) is 0 Å². The van der Waals surface area contributed by atoms with Gasteiger partial charge in [0.1, 0.15) is 11.4 Å². The lowest BCUT2D eigenvalue weighted by Crippen LogP contribution is -2.62. The third kappa shape index (κ3) is 3.25. The molecule has 0 aliphatic carbocycles. The van der Waals surface area contributed by atoms with E-state index in [1.54, 1.807) is 35.6 Å². The van der Waals surface area contributed by atoms with Crippen molar-refractivity contribution in [2.24, 2.45) is 0 Å². The van der Waals surface area contributed by atoms with Gasteiger partial charge < -0.3 is 10.6 Å². The summed E-state index contributed by atoms with van der Waals surface area (Å²) in [5.74, 6) is -3.63. The molecule has 0 unspecified atom stereocenters. The second-order valence-electron chi connectivity index (χ2n) is 6.95. The summed E-state index contributed by atoms with van der Waals surface area (Å²) in [5.41, 5.74) is -7.03. The van der Waals surface area contributed by atoms with Crippen LogP contribution in [0.25, 0.3) is 0 Å². The molecule has 0 radical (unpaired) electrons. The molecular weight excluding hydrogens is 431 g/mol. The van der Waals surface area contributed by atoms with E-state index in [1.807, 2.05) is 10.3 Å². The average Bonchev–Trinajstić information content (AvgIpc) is 3.06. The first-order valence-corrected chi connectivity index (χ1v) is 9.17. The number of nitrogens with one attached hydrogen (secondary N) is 3. The van der Waals surface area contributed by atoms with Gasteiger partial charge in [-0.3, -0.25) is 28.9 Å². The molecule has 2 amide bonds. The second kappa shape index (κ2) is 7.48. The number of aromatic amines is 1. The molecule has 3 heterocycles. The van der Waals surface area contributed by atoms with Gasteiger partial charge in [-0.25, -0.2) is 4.79 Å². The predicted octanol–water partition coefficient (Wildman–Crippen LogP) is 1.12. The predicted molar refractivity (Wildman–Crippen MR) is 105 cm³/mol. The third-order valence-electron chi connectivity index (χ3n) is 4.98. The summed E-state index contributed by atoms with van der Waals surface area (Å²) in [6.07, 6.45) is -3.10. The molecule has 0 spiro atoms. The largest absolute Gasteiger partial charge is 0.425 e.